The van der Waals surface area contributed by atoms with E-state index >= 15 is 0 Å². The lowest BCUT2D eigenvalue weighted by Crippen LogP contribution is -2.06. The number of carbonyl (C=O) groups is 1. The Balaban J connectivity index is 1.95. The predicted octanol–water partition coefficient (Wildman–Crippen LogP) is 1.85. The summed E-state index contributed by atoms with van der Waals surface area (Å²) < 4.78 is 5.60. The Morgan fingerprint density at radius 2 is 2.26 bits per heavy atom. The van der Waals surface area contributed by atoms with Gasteiger partial charge in [0.15, 0.2) is 0 Å². The summed E-state index contributed by atoms with van der Waals surface area (Å²) in [5, 5.41) is 8.87. The lowest BCUT2D eigenvalue weighted by molar-refractivity contribution is -0.137. The van der Waals surface area contributed by atoms with E-state index in [1.54, 1.807) is 0 Å². The average Bonchev–Trinajstić information content (AvgIpc) is 2.77. The summed E-state index contributed by atoms with van der Waals surface area (Å²) in [4.78, 5) is 15.3. The van der Waals surface area contributed by atoms with Gasteiger partial charge in [-0.05, 0) is 42.0 Å². The van der Waals surface area contributed by atoms with E-state index in [0.29, 0.717) is 13.2 Å². The second-order valence-electron chi connectivity index (χ2n) is 4.77. The van der Waals surface area contributed by atoms with Crippen molar-refractivity contribution >= 4 is 5.97 Å². The molecule has 1 aliphatic carbocycles. The Labute approximate surface area is 112 Å². The van der Waals surface area contributed by atoms with Crippen LogP contribution < -0.4 is 10.6 Å². The minimum absolute atomic E-state index is 0.146. The summed E-state index contributed by atoms with van der Waals surface area (Å²) in [7, 11) is 0. The monoisotopic (exact) mass is 265 g/mol. The highest BCUT2D eigenvalue weighted by molar-refractivity contribution is 5.68. The van der Waals surface area contributed by atoms with Crippen LogP contribution in [0.1, 0.15) is 36.3 Å². The molecular formula is C14H19NO4. The molecule has 0 fully saturated rings. The van der Waals surface area contributed by atoms with E-state index < -0.39 is 5.97 Å². The zero-order chi connectivity index (χ0) is 13.7. The fourth-order valence-corrected chi connectivity index (χ4v) is 2.53. The number of carboxylic acid groups (broad SMARTS) is 1. The number of aliphatic carboxylic acids is 1. The van der Waals surface area contributed by atoms with E-state index in [0.717, 1.165) is 30.6 Å². The van der Waals surface area contributed by atoms with Crippen LogP contribution in [-0.4, -0.2) is 24.3 Å². The third-order valence-electron chi connectivity index (χ3n) is 3.41. The molecule has 5 nitrogen and oxygen atoms in total. The molecule has 1 atom stereocenters. The van der Waals surface area contributed by atoms with E-state index in [4.69, 9.17) is 15.7 Å². The van der Waals surface area contributed by atoms with Crippen LogP contribution in [0, 0.1) is 0 Å². The fourth-order valence-electron chi connectivity index (χ4n) is 2.53. The zero-order valence-electron chi connectivity index (χ0n) is 10.8. The normalized spacial score (nSPS) is 17.2. The molecule has 0 saturated carbocycles. The average molecular weight is 265 g/mol. The van der Waals surface area contributed by atoms with Crippen LogP contribution in [-0.2, 0) is 16.1 Å². The van der Waals surface area contributed by atoms with Gasteiger partial charge in [-0.3, -0.25) is 4.79 Å². The summed E-state index contributed by atoms with van der Waals surface area (Å²) in [6, 6.07) is 5.91. The fraction of sp³-hybridized carbons (Fsp3) is 0.500. The Kier molecular flexibility index (Phi) is 4.76. The van der Waals surface area contributed by atoms with Crippen molar-refractivity contribution in [2.75, 3.05) is 13.2 Å². The van der Waals surface area contributed by atoms with Gasteiger partial charge >= 0.3 is 5.97 Å². The van der Waals surface area contributed by atoms with Gasteiger partial charge in [-0.25, -0.2) is 5.90 Å². The molecule has 2 rings (SSSR count). The first-order chi connectivity index (χ1) is 9.20. The second kappa shape index (κ2) is 6.54. The number of ether oxygens (including phenoxy) is 1. The molecular weight excluding hydrogens is 246 g/mol. The molecule has 0 aromatic heterocycles. The number of fused-ring (bicyclic) bond motifs is 1. The molecule has 1 aromatic carbocycles. The first-order valence-corrected chi connectivity index (χ1v) is 6.50. The van der Waals surface area contributed by atoms with Gasteiger partial charge in [-0.2, -0.15) is 0 Å². The van der Waals surface area contributed by atoms with E-state index in [9.17, 15) is 4.79 Å². The van der Waals surface area contributed by atoms with Crippen LogP contribution in [0.3, 0.4) is 0 Å². The molecule has 5 heteroatoms. The molecule has 0 bridgehead atoms. The molecule has 19 heavy (non-hydrogen) atoms. The van der Waals surface area contributed by atoms with Gasteiger partial charge in [-0.15, -0.1) is 0 Å². The van der Waals surface area contributed by atoms with Gasteiger partial charge < -0.3 is 14.7 Å². The lowest BCUT2D eigenvalue weighted by Gasteiger charge is -2.10. The van der Waals surface area contributed by atoms with E-state index in [-0.39, 0.29) is 12.3 Å². The van der Waals surface area contributed by atoms with Crippen molar-refractivity contribution in [1.82, 2.24) is 0 Å². The van der Waals surface area contributed by atoms with E-state index in [1.807, 2.05) is 18.2 Å². The van der Waals surface area contributed by atoms with Gasteiger partial charge in [0.1, 0.15) is 5.75 Å². The van der Waals surface area contributed by atoms with Crippen LogP contribution >= 0.6 is 0 Å². The first kappa shape index (κ1) is 13.8. The topological polar surface area (TPSA) is 81.8 Å². The van der Waals surface area contributed by atoms with Gasteiger partial charge in [0.05, 0.1) is 19.6 Å². The number of hydrogen-bond donors (Lipinski definition) is 2. The number of aryl methyl sites for hydroxylation is 1. The van der Waals surface area contributed by atoms with Crippen molar-refractivity contribution in [2.24, 2.45) is 5.90 Å². The third kappa shape index (κ3) is 3.68. The Hall–Kier alpha value is -1.59. The molecule has 0 saturated heterocycles. The third-order valence-corrected chi connectivity index (χ3v) is 3.41. The lowest BCUT2D eigenvalue weighted by atomic mass is 9.98. The quantitative estimate of drug-likeness (QED) is 0.581. The van der Waals surface area contributed by atoms with Crippen LogP contribution in [0.15, 0.2) is 18.2 Å². The number of nitrogens with two attached hydrogens (primary N) is 1. The number of benzene rings is 1. The Bertz CT molecular complexity index is 447. The van der Waals surface area contributed by atoms with Crippen LogP contribution in [0.25, 0.3) is 0 Å². The second-order valence-corrected chi connectivity index (χ2v) is 4.77. The van der Waals surface area contributed by atoms with Gasteiger partial charge in [0, 0.05) is 6.42 Å². The zero-order valence-corrected chi connectivity index (χ0v) is 10.8. The molecule has 0 unspecified atom stereocenters. The largest absolute Gasteiger partial charge is 0.493 e. The SMILES string of the molecule is NOCCCOc1ccc2c(c1)CC[C@H]2CC(=O)O. The van der Waals surface area contributed by atoms with Crippen molar-refractivity contribution in [3.05, 3.63) is 29.3 Å². The van der Waals surface area contributed by atoms with Crippen molar-refractivity contribution in [2.45, 2.75) is 31.6 Å². The molecule has 0 radical (unpaired) electrons. The molecule has 0 aliphatic heterocycles. The predicted molar refractivity (Wildman–Crippen MR) is 70.0 cm³/mol. The maximum Gasteiger partial charge on any atom is 0.303 e. The summed E-state index contributed by atoms with van der Waals surface area (Å²) in [6.07, 6.45) is 2.79. The molecule has 1 aromatic rings. The smallest absolute Gasteiger partial charge is 0.303 e. The Morgan fingerprint density at radius 3 is 3.00 bits per heavy atom. The Morgan fingerprint density at radius 1 is 1.42 bits per heavy atom. The standard InChI is InChI=1S/C14H19NO4/c15-19-7-1-6-18-12-4-5-13-10(8-12)2-3-11(13)9-14(16)17/h4-5,8,11H,1-3,6-7,9,15H2,(H,16,17)/t11-/m0/s1. The van der Waals surface area contributed by atoms with Crippen LogP contribution in [0.2, 0.25) is 0 Å². The van der Waals surface area contributed by atoms with Crippen molar-refractivity contribution in [1.29, 1.82) is 0 Å². The molecule has 0 spiro atoms. The van der Waals surface area contributed by atoms with Crippen LogP contribution in [0.5, 0.6) is 5.75 Å². The molecule has 0 amide bonds. The summed E-state index contributed by atoms with van der Waals surface area (Å²) in [5.74, 6) is 5.17. The van der Waals surface area contributed by atoms with Crippen LogP contribution in [0.4, 0.5) is 0 Å². The van der Waals surface area contributed by atoms with Gasteiger partial charge in [-0.1, -0.05) is 6.07 Å². The van der Waals surface area contributed by atoms with Crippen molar-refractivity contribution < 1.29 is 19.5 Å². The van der Waals surface area contributed by atoms with Gasteiger partial charge in [0.2, 0.25) is 0 Å². The highest BCUT2D eigenvalue weighted by Crippen LogP contribution is 2.37. The van der Waals surface area contributed by atoms with Crippen molar-refractivity contribution in [3.8, 4) is 5.75 Å². The number of rotatable bonds is 7. The number of carboxylic acids is 1. The van der Waals surface area contributed by atoms with E-state index in [2.05, 4.69) is 4.84 Å². The molecule has 104 valence electrons. The maximum absolute atomic E-state index is 10.8. The highest BCUT2D eigenvalue weighted by Gasteiger charge is 2.24. The highest BCUT2D eigenvalue weighted by atomic mass is 16.6. The molecule has 1 aliphatic rings. The maximum atomic E-state index is 10.8. The molecule has 3 N–H and O–H groups in total. The summed E-state index contributed by atoms with van der Waals surface area (Å²) in [6.45, 7) is 1.04. The number of hydrogen-bond acceptors (Lipinski definition) is 4. The van der Waals surface area contributed by atoms with Crippen molar-refractivity contribution in [3.63, 3.8) is 0 Å². The van der Waals surface area contributed by atoms with Gasteiger partial charge in [0.25, 0.3) is 0 Å². The minimum atomic E-state index is -0.736. The molecule has 0 heterocycles. The van der Waals surface area contributed by atoms with E-state index in [1.165, 1.54) is 5.56 Å². The summed E-state index contributed by atoms with van der Waals surface area (Å²) >= 11 is 0. The summed E-state index contributed by atoms with van der Waals surface area (Å²) in [5.41, 5.74) is 2.36. The first-order valence-electron chi connectivity index (χ1n) is 6.50. The minimum Gasteiger partial charge on any atom is -0.493 e.